The van der Waals surface area contributed by atoms with Crippen LogP contribution in [0.2, 0.25) is 10.0 Å². The van der Waals surface area contributed by atoms with Crippen LogP contribution in [0.5, 0.6) is 5.75 Å². The summed E-state index contributed by atoms with van der Waals surface area (Å²) < 4.78 is 12.0. The number of halogens is 2. The van der Waals surface area contributed by atoms with Crippen molar-refractivity contribution in [3.63, 3.8) is 0 Å². The number of hydrogen-bond acceptors (Lipinski definition) is 10. The molecule has 44 heavy (non-hydrogen) atoms. The number of aromatic carboxylic acids is 1. The Balaban J connectivity index is 0.000000584. The molecule has 2 aromatic carbocycles. The number of hydrazine groups is 1. The molecule has 3 atom stereocenters. The van der Waals surface area contributed by atoms with E-state index in [0.717, 1.165) is 50.6 Å². The van der Waals surface area contributed by atoms with Gasteiger partial charge in [0.1, 0.15) is 11.3 Å². The Kier molecular flexibility index (Phi) is 10.4. The SMILES string of the molecule is C1CCOC1.N/C(=C(/COC1CC2CC1CN2c1nc2c(O)cc(C(=O)O)cc2s1)N(N)c1c(Cl)cccc1Cl)C1CC1.S. The van der Waals surface area contributed by atoms with Gasteiger partial charge in [-0.2, -0.15) is 13.5 Å². The van der Waals surface area contributed by atoms with Gasteiger partial charge in [0.15, 0.2) is 5.13 Å². The normalized spacial score (nSPS) is 22.8. The van der Waals surface area contributed by atoms with Gasteiger partial charge in [-0.05, 0) is 62.8 Å². The molecule has 7 rings (SSSR count). The summed E-state index contributed by atoms with van der Waals surface area (Å²) in [5, 5.41) is 22.7. The van der Waals surface area contributed by atoms with Gasteiger partial charge in [0.05, 0.1) is 44.4 Å². The standard InChI is InChI=1S/C26H27Cl2N5O4S.C4H8O.H2S/c27-16-2-1-3-17(28)24(16)33(30)18(22(29)12-4-5-12)11-37-20-9-15-6-14(20)10-32(15)26-31-23-19(34)7-13(25(35)36)8-21(23)38-26;1-2-4-5-3-1;/h1-3,7-8,12,14-15,20,34H,4-6,9-11,29-30H2,(H,35,36);1-4H2;1H2/b22-18-;;. The number of carboxylic acid groups (broad SMARTS) is 1. The number of aromatic nitrogens is 1. The van der Waals surface area contributed by atoms with Gasteiger partial charge in [0.2, 0.25) is 0 Å². The summed E-state index contributed by atoms with van der Waals surface area (Å²) in [5.74, 6) is 5.90. The van der Waals surface area contributed by atoms with Gasteiger partial charge < -0.3 is 30.3 Å². The minimum atomic E-state index is -1.08. The Labute approximate surface area is 276 Å². The highest BCUT2D eigenvalue weighted by molar-refractivity contribution is 7.59. The number of rotatable bonds is 8. The molecule has 3 aromatic rings. The second-order valence-corrected chi connectivity index (χ2v) is 13.3. The van der Waals surface area contributed by atoms with Crippen LogP contribution in [0.15, 0.2) is 41.7 Å². The van der Waals surface area contributed by atoms with Crippen LogP contribution in [-0.4, -0.2) is 59.7 Å². The maximum atomic E-state index is 11.4. The summed E-state index contributed by atoms with van der Waals surface area (Å²) in [7, 11) is 0. The van der Waals surface area contributed by atoms with Crippen molar-refractivity contribution in [1.82, 2.24) is 4.98 Å². The number of ether oxygens (including phenoxy) is 2. The third kappa shape index (κ3) is 6.86. The van der Waals surface area contributed by atoms with Crippen LogP contribution in [0.4, 0.5) is 10.8 Å². The van der Waals surface area contributed by atoms with Crippen LogP contribution in [0, 0.1) is 11.8 Å². The summed E-state index contributed by atoms with van der Waals surface area (Å²) in [6, 6.07) is 8.29. The van der Waals surface area contributed by atoms with Gasteiger partial charge in [-0.25, -0.2) is 15.6 Å². The van der Waals surface area contributed by atoms with Crippen molar-refractivity contribution in [2.45, 2.75) is 50.7 Å². The first-order valence-corrected chi connectivity index (χ1v) is 16.1. The van der Waals surface area contributed by atoms with Gasteiger partial charge in [-0.1, -0.05) is 40.6 Å². The molecule has 2 saturated heterocycles. The summed E-state index contributed by atoms with van der Waals surface area (Å²) in [6.45, 7) is 3.02. The number of allylic oxidation sites excluding steroid dienone is 1. The van der Waals surface area contributed by atoms with E-state index in [2.05, 4.69) is 9.88 Å². The van der Waals surface area contributed by atoms with Crippen molar-refractivity contribution in [2.24, 2.45) is 23.4 Å². The lowest BCUT2D eigenvalue weighted by Crippen LogP contribution is -2.40. The zero-order valence-electron chi connectivity index (χ0n) is 24.0. The fourth-order valence-electron chi connectivity index (χ4n) is 6.06. The van der Waals surface area contributed by atoms with Crippen molar-refractivity contribution < 1.29 is 24.5 Å². The molecule has 4 fully saturated rings. The zero-order chi connectivity index (χ0) is 30.2. The second-order valence-electron chi connectivity index (χ2n) is 11.5. The molecule has 3 heterocycles. The number of nitrogens with zero attached hydrogens (tertiary/aromatic N) is 3. The molecular weight excluding hydrogens is 645 g/mol. The van der Waals surface area contributed by atoms with E-state index in [-0.39, 0.29) is 49.5 Å². The monoisotopic (exact) mass is 681 g/mol. The summed E-state index contributed by atoms with van der Waals surface area (Å²) in [4.78, 5) is 18.2. The lowest BCUT2D eigenvalue weighted by atomic mass is 10.1. The molecule has 1 aromatic heterocycles. The van der Waals surface area contributed by atoms with Crippen molar-refractivity contribution in [1.29, 1.82) is 0 Å². The molecule has 238 valence electrons. The van der Waals surface area contributed by atoms with E-state index in [0.29, 0.717) is 43.3 Å². The molecule has 3 unspecified atom stereocenters. The number of carbonyl (C=O) groups is 1. The number of fused-ring (bicyclic) bond motifs is 3. The first kappa shape index (κ1) is 32.9. The average Bonchev–Trinajstić information content (AvgIpc) is 3.39. The minimum Gasteiger partial charge on any atom is -0.506 e. The van der Waals surface area contributed by atoms with Gasteiger partial charge in [0.25, 0.3) is 0 Å². The van der Waals surface area contributed by atoms with Crippen LogP contribution in [0.3, 0.4) is 0 Å². The quantitative estimate of drug-likeness (QED) is 0.168. The molecule has 10 nitrogen and oxygen atoms in total. The highest BCUT2D eigenvalue weighted by Crippen LogP contribution is 2.46. The third-order valence-corrected chi connectivity index (χ3v) is 10.2. The Morgan fingerprint density at radius 1 is 1.18 bits per heavy atom. The molecule has 4 aliphatic rings. The molecule has 0 radical (unpaired) electrons. The van der Waals surface area contributed by atoms with E-state index < -0.39 is 5.97 Å². The summed E-state index contributed by atoms with van der Waals surface area (Å²) >= 11 is 14.2. The Morgan fingerprint density at radius 2 is 1.89 bits per heavy atom. The first-order chi connectivity index (χ1) is 20.7. The fraction of sp³-hybridized carbons (Fsp3) is 0.467. The van der Waals surface area contributed by atoms with Crippen molar-refractivity contribution in [3.8, 4) is 5.75 Å². The number of thiazole rings is 1. The van der Waals surface area contributed by atoms with Gasteiger partial charge in [0, 0.05) is 43.3 Å². The van der Waals surface area contributed by atoms with Crippen molar-refractivity contribution in [3.05, 3.63) is 57.3 Å². The number of benzene rings is 2. The number of nitrogens with two attached hydrogens (primary N) is 2. The van der Waals surface area contributed by atoms with Crippen LogP contribution >= 0.6 is 48.0 Å². The lowest BCUT2D eigenvalue weighted by molar-refractivity contribution is 0.0372. The zero-order valence-corrected chi connectivity index (χ0v) is 27.4. The molecule has 2 aliphatic carbocycles. The van der Waals surface area contributed by atoms with Crippen LogP contribution in [-0.2, 0) is 9.47 Å². The molecule has 6 N–H and O–H groups in total. The third-order valence-electron chi connectivity index (χ3n) is 8.51. The topological polar surface area (TPSA) is 147 Å². The highest BCUT2D eigenvalue weighted by atomic mass is 35.5. The van der Waals surface area contributed by atoms with Crippen LogP contribution in [0.1, 0.15) is 48.9 Å². The summed E-state index contributed by atoms with van der Waals surface area (Å²) in [6.07, 6.45) is 6.42. The number of phenols is 1. The van der Waals surface area contributed by atoms with Gasteiger partial charge in [-0.3, -0.25) is 5.01 Å². The number of hydrogen-bond donors (Lipinski definition) is 4. The first-order valence-electron chi connectivity index (χ1n) is 14.5. The molecule has 0 amide bonds. The molecule has 14 heteroatoms. The van der Waals surface area contributed by atoms with E-state index in [9.17, 15) is 15.0 Å². The van der Waals surface area contributed by atoms with Crippen LogP contribution in [0.25, 0.3) is 10.2 Å². The largest absolute Gasteiger partial charge is 0.506 e. The van der Waals surface area contributed by atoms with Gasteiger partial charge >= 0.3 is 5.97 Å². The van der Waals surface area contributed by atoms with E-state index in [1.54, 1.807) is 24.3 Å². The van der Waals surface area contributed by atoms with E-state index in [1.165, 1.54) is 35.3 Å². The molecule has 0 spiro atoms. The fourth-order valence-corrected chi connectivity index (χ4v) is 7.75. The molecular formula is C30H37Cl2N5O5S2. The number of piperidine rings is 1. The Hall–Kier alpha value is -2.45. The molecule has 2 saturated carbocycles. The second kappa shape index (κ2) is 13.9. The number of aromatic hydroxyl groups is 1. The number of carboxylic acids is 1. The van der Waals surface area contributed by atoms with Crippen molar-refractivity contribution >= 4 is 75.0 Å². The average molecular weight is 683 g/mol. The number of phenolic OH excluding ortho intramolecular Hbond substituents is 1. The number of anilines is 2. The molecule has 2 aliphatic heterocycles. The Bertz CT molecular complexity index is 1520. The van der Waals surface area contributed by atoms with Crippen molar-refractivity contribution in [2.75, 3.05) is 36.3 Å². The summed E-state index contributed by atoms with van der Waals surface area (Å²) in [5.41, 5.74) is 8.88. The maximum absolute atomic E-state index is 11.4. The Morgan fingerprint density at radius 3 is 2.45 bits per heavy atom. The van der Waals surface area contributed by atoms with Crippen LogP contribution < -0.4 is 21.5 Å². The molecule has 2 bridgehead atoms. The predicted molar refractivity (Wildman–Crippen MR) is 179 cm³/mol. The van der Waals surface area contributed by atoms with Gasteiger partial charge in [-0.15, -0.1) is 0 Å². The minimum absolute atomic E-state index is 0. The lowest BCUT2D eigenvalue weighted by Gasteiger charge is -2.32. The highest BCUT2D eigenvalue weighted by Gasteiger charge is 2.46. The predicted octanol–water partition coefficient (Wildman–Crippen LogP) is 5.86. The van der Waals surface area contributed by atoms with E-state index in [1.807, 2.05) is 0 Å². The van der Waals surface area contributed by atoms with E-state index in [4.69, 9.17) is 44.3 Å². The smallest absolute Gasteiger partial charge is 0.335 e. The van der Waals surface area contributed by atoms with E-state index >= 15 is 0 Å². The number of para-hydroxylation sites is 1. The maximum Gasteiger partial charge on any atom is 0.335 e.